The Balaban J connectivity index is 2.40. The van der Waals surface area contributed by atoms with E-state index in [1.54, 1.807) is 0 Å². The van der Waals surface area contributed by atoms with Crippen LogP contribution < -0.4 is 10.5 Å². The lowest BCUT2D eigenvalue weighted by molar-refractivity contribution is -0.138. The summed E-state index contributed by atoms with van der Waals surface area (Å²) < 4.78 is 57.2. The number of rotatable bonds is 2. The number of halogens is 5. The number of nitrogen functional groups attached to an aromatic ring is 1. The van der Waals surface area contributed by atoms with Crippen molar-refractivity contribution in [2.24, 2.45) is 0 Å². The molecule has 2 aromatic carbocycles. The van der Waals surface area contributed by atoms with Crippen molar-refractivity contribution in [2.45, 2.75) is 6.18 Å². The maximum absolute atomic E-state index is 13.2. The monoisotopic (exact) mass is 349 g/mol. The van der Waals surface area contributed by atoms with Crippen molar-refractivity contribution in [3.05, 3.63) is 52.3 Å². The highest BCUT2D eigenvalue weighted by Crippen LogP contribution is 2.39. The molecule has 0 fully saturated rings. The van der Waals surface area contributed by atoms with E-state index in [1.807, 2.05) is 0 Å². The van der Waals surface area contributed by atoms with E-state index < -0.39 is 23.3 Å². The van der Waals surface area contributed by atoms with Gasteiger partial charge in [0, 0.05) is 10.5 Å². The predicted molar refractivity (Wildman–Crippen MR) is 70.0 cm³/mol. The van der Waals surface area contributed by atoms with Gasteiger partial charge in [-0.25, -0.2) is 4.39 Å². The second kappa shape index (κ2) is 5.32. The van der Waals surface area contributed by atoms with Crippen LogP contribution in [0, 0.1) is 5.82 Å². The van der Waals surface area contributed by atoms with E-state index in [0.717, 1.165) is 18.2 Å². The van der Waals surface area contributed by atoms with Gasteiger partial charge in [0.2, 0.25) is 0 Å². The second-order valence-electron chi connectivity index (χ2n) is 3.92. The lowest BCUT2D eigenvalue weighted by atomic mass is 10.2. The average molecular weight is 350 g/mol. The van der Waals surface area contributed by atoms with Crippen molar-refractivity contribution >= 4 is 21.6 Å². The molecule has 20 heavy (non-hydrogen) atoms. The quantitative estimate of drug-likeness (QED) is 0.612. The zero-order valence-corrected chi connectivity index (χ0v) is 11.4. The Bertz CT molecular complexity index is 643. The maximum Gasteiger partial charge on any atom is 0.420 e. The van der Waals surface area contributed by atoms with E-state index in [2.05, 4.69) is 15.9 Å². The zero-order chi connectivity index (χ0) is 14.9. The van der Waals surface area contributed by atoms with E-state index in [1.165, 1.54) is 18.2 Å². The van der Waals surface area contributed by atoms with Gasteiger partial charge in [0.25, 0.3) is 0 Å². The van der Waals surface area contributed by atoms with Gasteiger partial charge >= 0.3 is 6.18 Å². The minimum Gasteiger partial charge on any atom is -0.457 e. The van der Waals surface area contributed by atoms with E-state index in [9.17, 15) is 17.6 Å². The molecule has 0 aliphatic carbocycles. The van der Waals surface area contributed by atoms with E-state index >= 15 is 0 Å². The molecule has 0 aliphatic heterocycles. The Labute approximate surface area is 120 Å². The fourth-order valence-electron chi connectivity index (χ4n) is 1.51. The molecule has 0 aromatic heterocycles. The first-order valence-electron chi connectivity index (χ1n) is 5.37. The van der Waals surface area contributed by atoms with E-state index in [-0.39, 0.29) is 15.9 Å². The second-order valence-corrected chi connectivity index (χ2v) is 4.84. The summed E-state index contributed by atoms with van der Waals surface area (Å²) >= 11 is 2.96. The smallest absolute Gasteiger partial charge is 0.420 e. The van der Waals surface area contributed by atoms with Crippen LogP contribution in [0.5, 0.6) is 11.5 Å². The van der Waals surface area contributed by atoms with Crippen LogP contribution in [-0.2, 0) is 6.18 Å². The third-order valence-electron chi connectivity index (χ3n) is 2.45. The molecule has 0 aliphatic rings. The fourth-order valence-corrected chi connectivity index (χ4v) is 1.87. The molecule has 0 unspecified atom stereocenters. The number of alkyl halides is 3. The SMILES string of the molecule is Nc1ccc(Oc2ccc(Br)cc2C(F)(F)F)cc1F. The number of anilines is 1. The zero-order valence-electron chi connectivity index (χ0n) is 9.84. The Hall–Kier alpha value is -1.76. The van der Waals surface area contributed by atoms with Gasteiger partial charge in [0.1, 0.15) is 17.3 Å². The summed E-state index contributed by atoms with van der Waals surface area (Å²) in [7, 11) is 0. The van der Waals surface area contributed by atoms with Gasteiger partial charge in [-0.2, -0.15) is 13.2 Å². The molecule has 0 atom stereocenters. The highest BCUT2D eigenvalue weighted by molar-refractivity contribution is 9.10. The minimum atomic E-state index is -4.58. The van der Waals surface area contributed by atoms with Crippen molar-refractivity contribution in [1.82, 2.24) is 0 Å². The fraction of sp³-hybridized carbons (Fsp3) is 0.0769. The van der Waals surface area contributed by atoms with Gasteiger partial charge in [-0.05, 0) is 30.3 Å². The van der Waals surface area contributed by atoms with Crippen LogP contribution >= 0.6 is 15.9 Å². The Morgan fingerprint density at radius 3 is 2.35 bits per heavy atom. The number of ether oxygens (including phenoxy) is 1. The van der Waals surface area contributed by atoms with Gasteiger partial charge in [-0.1, -0.05) is 15.9 Å². The first-order valence-corrected chi connectivity index (χ1v) is 6.16. The van der Waals surface area contributed by atoms with Gasteiger partial charge in [0.15, 0.2) is 0 Å². The van der Waals surface area contributed by atoms with E-state index in [0.29, 0.717) is 0 Å². The molecule has 7 heteroatoms. The topological polar surface area (TPSA) is 35.2 Å². The molecule has 2 aromatic rings. The summed E-state index contributed by atoms with van der Waals surface area (Å²) in [6.07, 6.45) is -4.58. The molecule has 0 saturated carbocycles. The standard InChI is InChI=1S/C13H8BrF4NO/c14-7-1-4-12(9(5-7)13(16,17)18)20-8-2-3-11(19)10(15)6-8/h1-6H,19H2. The Kier molecular flexibility index (Phi) is 3.89. The lowest BCUT2D eigenvalue weighted by Crippen LogP contribution is -2.07. The molecule has 2 nitrogen and oxygen atoms in total. The minimum absolute atomic E-state index is 0.0653. The largest absolute Gasteiger partial charge is 0.457 e. The Morgan fingerprint density at radius 2 is 1.75 bits per heavy atom. The molecule has 2 N–H and O–H groups in total. The highest BCUT2D eigenvalue weighted by atomic mass is 79.9. The summed E-state index contributed by atoms with van der Waals surface area (Å²) in [5, 5.41) is 0. The van der Waals surface area contributed by atoms with Crippen LogP contribution in [0.4, 0.5) is 23.2 Å². The summed E-state index contributed by atoms with van der Waals surface area (Å²) in [6, 6.07) is 6.89. The predicted octanol–water partition coefficient (Wildman–Crippen LogP) is 4.98. The Morgan fingerprint density at radius 1 is 1.05 bits per heavy atom. The summed E-state index contributed by atoms with van der Waals surface area (Å²) in [4.78, 5) is 0. The molecule has 0 radical (unpaired) electrons. The summed E-state index contributed by atoms with van der Waals surface area (Å²) in [6.45, 7) is 0. The van der Waals surface area contributed by atoms with Crippen LogP contribution in [0.25, 0.3) is 0 Å². The molecule has 0 spiro atoms. The molecule has 0 amide bonds. The number of nitrogens with two attached hydrogens (primary N) is 1. The van der Waals surface area contributed by atoms with Crippen molar-refractivity contribution < 1.29 is 22.3 Å². The van der Waals surface area contributed by atoms with Crippen LogP contribution in [0.15, 0.2) is 40.9 Å². The van der Waals surface area contributed by atoms with Gasteiger partial charge < -0.3 is 10.5 Å². The summed E-state index contributed by atoms with van der Waals surface area (Å²) in [5.41, 5.74) is 4.22. The van der Waals surface area contributed by atoms with Crippen molar-refractivity contribution in [3.8, 4) is 11.5 Å². The molecule has 0 heterocycles. The van der Waals surface area contributed by atoms with Crippen LogP contribution in [0.1, 0.15) is 5.56 Å². The van der Waals surface area contributed by atoms with Crippen LogP contribution in [0.2, 0.25) is 0 Å². The summed E-state index contributed by atoms with van der Waals surface area (Å²) in [5.74, 6) is -1.23. The van der Waals surface area contributed by atoms with Crippen LogP contribution in [-0.4, -0.2) is 0 Å². The van der Waals surface area contributed by atoms with E-state index in [4.69, 9.17) is 10.5 Å². The third-order valence-corrected chi connectivity index (χ3v) is 2.94. The molecule has 0 saturated heterocycles. The van der Waals surface area contributed by atoms with Gasteiger partial charge in [-0.3, -0.25) is 0 Å². The van der Waals surface area contributed by atoms with Gasteiger partial charge in [0.05, 0.1) is 11.3 Å². The number of hydrogen-bond donors (Lipinski definition) is 1. The van der Waals surface area contributed by atoms with Crippen molar-refractivity contribution in [2.75, 3.05) is 5.73 Å². The normalized spacial score (nSPS) is 11.4. The molecule has 0 bridgehead atoms. The molecule has 2 rings (SSSR count). The molecule has 106 valence electrons. The van der Waals surface area contributed by atoms with Crippen molar-refractivity contribution in [3.63, 3.8) is 0 Å². The third kappa shape index (κ3) is 3.22. The molecular formula is C13H8BrF4NO. The van der Waals surface area contributed by atoms with Crippen LogP contribution in [0.3, 0.4) is 0 Å². The number of benzene rings is 2. The average Bonchev–Trinajstić information content (AvgIpc) is 2.35. The highest BCUT2D eigenvalue weighted by Gasteiger charge is 2.34. The lowest BCUT2D eigenvalue weighted by Gasteiger charge is -2.14. The maximum atomic E-state index is 13.2. The van der Waals surface area contributed by atoms with Crippen molar-refractivity contribution in [1.29, 1.82) is 0 Å². The first-order chi connectivity index (χ1) is 9.27. The first kappa shape index (κ1) is 14.6. The van der Waals surface area contributed by atoms with Gasteiger partial charge in [-0.15, -0.1) is 0 Å². The number of hydrogen-bond acceptors (Lipinski definition) is 2. The molecular weight excluding hydrogens is 342 g/mol.